The number of rotatable bonds is 7. The number of halogens is 1. The van der Waals surface area contributed by atoms with Gasteiger partial charge in [-0.1, -0.05) is 55.1 Å². The Bertz CT molecular complexity index is 1030. The van der Waals surface area contributed by atoms with E-state index >= 15 is 0 Å². The summed E-state index contributed by atoms with van der Waals surface area (Å²) in [6.07, 6.45) is -0.279. The van der Waals surface area contributed by atoms with Crippen molar-refractivity contribution in [3.63, 3.8) is 0 Å². The number of nitrogens with one attached hydrogen (secondary N) is 1. The second-order valence-corrected chi connectivity index (χ2v) is 9.52. The first-order chi connectivity index (χ1) is 15.2. The molecule has 9 heteroatoms. The lowest BCUT2D eigenvalue weighted by Crippen LogP contribution is -2.77. The predicted molar refractivity (Wildman–Crippen MR) is 122 cm³/mol. The van der Waals surface area contributed by atoms with Gasteiger partial charge in [0.1, 0.15) is 23.4 Å². The highest BCUT2D eigenvalue weighted by molar-refractivity contribution is 8.14. The van der Waals surface area contributed by atoms with Gasteiger partial charge in [0.15, 0.2) is 16.7 Å². The van der Waals surface area contributed by atoms with Crippen LogP contribution < -0.4 is 5.32 Å². The monoisotopic (exact) mass is 474 g/mol. The number of amides is 2. The Labute approximate surface area is 194 Å². The molecule has 1 fully saturated rings. The van der Waals surface area contributed by atoms with Gasteiger partial charge in [-0.3, -0.25) is 19.8 Å². The van der Waals surface area contributed by atoms with Crippen molar-refractivity contribution >= 4 is 38.9 Å². The molecule has 168 valence electrons. The smallest absolute Gasteiger partial charge is 0.333 e. The van der Waals surface area contributed by atoms with E-state index in [1.54, 1.807) is 24.3 Å². The minimum atomic E-state index is -2.15. The quantitative estimate of drug-likeness (QED) is 0.245. The minimum Gasteiger partial charge on any atom is -0.596 e. The third kappa shape index (κ3) is 5.15. The molecule has 32 heavy (non-hydrogen) atoms. The molecule has 3 unspecified atom stereocenters. The van der Waals surface area contributed by atoms with Crippen LogP contribution in [0.3, 0.4) is 0 Å². The van der Waals surface area contributed by atoms with Gasteiger partial charge < -0.3 is 9.29 Å². The van der Waals surface area contributed by atoms with Gasteiger partial charge in [-0.05, 0) is 35.3 Å². The molecule has 1 aromatic carbocycles. The number of likely N-dealkylation sites (tertiary alicyclic amines) is 1. The average molecular weight is 475 g/mol. The third-order valence-corrected chi connectivity index (χ3v) is 6.71. The summed E-state index contributed by atoms with van der Waals surface area (Å²) in [6.45, 7) is 6.47. The molecule has 4 rings (SSSR count). The van der Waals surface area contributed by atoms with Crippen molar-refractivity contribution in [1.29, 1.82) is 0 Å². The topological polar surface area (TPSA) is 98.8 Å². The maximum atomic E-state index is 12.6. The summed E-state index contributed by atoms with van der Waals surface area (Å²) in [5.41, 5.74) is 3.92. The molecule has 0 aromatic heterocycles. The number of nitrogens with zero attached hydrogens (tertiary/aromatic N) is 1. The maximum absolute atomic E-state index is 12.6. The number of carbonyl (C=O) groups is 3. The van der Waals surface area contributed by atoms with E-state index in [0.717, 1.165) is 10.5 Å². The first-order valence-electron chi connectivity index (χ1n) is 9.81. The zero-order valence-corrected chi connectivity index (χ0v) is 19.2. The van der Waals surface area contributed by atoms with E-state index in [2.05, 4.69) is 36.2 Å². The second kappa shape index (κ2) is 9.77. The van der Waals surface area contributed by atoms with Crippen LogP contribution in [-0.2, 0) is 36.1 Å². The van der Waals surface area contributed by atoms with E-state index in [4.69, 9.17) is 15.4 Å². The molecule has 1 saturated heterocycles. The Morgan fingerprint density at radius 3 is 2.25 bits per heavy atom. The van der Waals surface area contributed by atoms with Crippen LogP contribution in [0.15, 0.2) is 66.7 Å². The molecular weight excluding hydrogens is 452 g/mol. The van der Waals surface area contributed by atoms with Crippen LogP contribution in [0, 0.1) is 0 Å². The Kier molecular flexibility index (Phi) is 7.28. The normalized spacial score (nSPS) is 19.5. The summed E-state index contributed by atoms with van der Waals surface area (Å²) < 4.78 is 17.3. The fraction of sp³-hybridized carbons (Fsp3) is 0.261. The fourth-order valence-electron chi connectivity index (χ4n) is 3.40. The van der Waals surface area contributed by atoms with Crippen LogP contribution in [0.2, 0.25) is 0 Å². The first-order valence-corrected chi connectivity index (χ1v) is 11.8. The van der Waals surface area contributed by atoms with Crippen LogP contribution in [0.4, 0.5) is 0 Å². The molecule has 3 atom stereocenters. The van der Waals surface area contributed by atoms with Gasteiger partial charge in [-0.2, -0.15) is 0 Å². The number of β-lactam (4-membered cyclic amide) rings is 1. The molecule has 1 N–H and O–H groups in total. The molecule has 0 radical (unpaired) electrons. The van der Waals surface area contributed by atoms with E-state index in [1.165, 1.54) is 25.0 Å². The van der Waals surface area contributed by atoms with Crippen LogP contribution >= 0.6 is 10.7 Å². The molecular formula is C23H23ClN2O5S. The van der Waals surface area contributed by atoms with Gasteiger partial charge >= 0.3 is 11.0 Å². The number of ether oxygens (including phenoxy) is 1. The summed E-state index contributed by atoms with van der Waals surface area (Å²) in [5, 5.41) is 2.42. The Morgan fingerprint density at radius 2 is 1.84 bits per heavy atom. The van der Waals surface area contributed by atoms with Crippen LogP contribution in [-0.4, -0.2) is 38.3 Å². The second-order valence-electron chi connectivity index (χ2n) is 7.55. The van der Waals surface area contributed by atoms with Crippen LogP contribution in [0.5, 0.6) is 0 Å². The number of hydrogen-bond acceptors (Lipinski definition) is 5. The fourth-order valence-corrected chi connectivity index (χ4v) is 4.73. The highest BCUT2D eigenvalue weighted by atomic mass is 35.7. The zero-order valence-electron chi connectivity index (χ0n) is 17.7. The lowest BCUT2D eigenvalue weighted by Gasteiger charge is -2.50. The van der Waals surface area contributed by atoms with Crippen molar-refractivity contribution in [2.75, 3.05) is 0 Å². The summed E-state index contributed by atoms with van der Waals surface area (Å²) in [5.74, 6) is -1.77. The molecule has 7 nitrogen and oxygen atoms in total. The van der Waals surface area contributed by atoms with E-state index in [9.17, 15) is 18.9 Å². The standard InChI is InChI=1S/C17H19ClN2O5S.C6H4/c1-11(2)15(16(23)25-10-13-7-5-4-6-8-13)20-14(22)9-17(20,26(18)24)19-12(3)21;1-2-5-4-6(5)3-1/h4-8,15H,1,9-10H2,2-3H3,(H,19,21);1-4H. The van der Waals surface area contributed by atoms with Crippen molar-refractivity contribution in [2.24, 2.45) is 0 Å². The number of fused-ring (bicyclic) bond motifs is 1. The lowest BCUT2D eigenvalue weighted by molar-refractivity contribution is -0.169. The zero-order chi connectivity index (χ0) is 23.5. The van der Waals surface area contributed by atoms with E-state index in [0.29, 0.717) is 5.57 Å². The molecule has 0 bridgehead atoms. The van der Waals surface area contributed by atoms with Gasteiger partial charge in [0.05, 0.1) is 0 Å². The Morgan fingerprint density at radius 1 is 1.22 bits per heavy atom. The summed E-state index contributed by atoms with van der Waals surface area (Å²) >= 11 is 0. The van der Waals surface area contributed by atoms with Crippen molar-refractivity contribution in [3.05, 3.63) is 72.3 Å². The van der Waals surface area contributed by atoms with E-state index < -0.39 is 39.2 Å². The highest BCUT2D eigenvalue weighted by Gasteiger charge is 2.65. The van der Waals surface area contributed by atoms with Gasteiger partial charge in [0.2, 0.25) is 11.8 Å². The molecule has 0 spiro atoms. The van der Waals surface area contributed by atoms with Crippen LogP contribution in [0.25, 0.3) is 11.1 Å². The highest BCUT2D eigenvalue weighted by Crippen LogP contribution is 2.40. The number of hydrogen-bond donors (Lipinski definition) is 1. The van der Waals surface area contributed by atoms with Gasteiger partial charge in [0, 0.05) is 6.92 Å². The Hall–Kier alpha value is -2.81. The maximum Gasteiger partial charge on any atom is 0.333 e. The van der Waals surface area contributed by atoms with Crippen molar-refractivity contribution in [2.45, 2.75) is 37.9 Å². The van der Waals surface area contributed by atoms with Gasteiger partial charge in [-0.15, -0.1) is 0 Å². The molecule has 1 aliphatic heterocycles. The van der Waals surface area contributed by atoms with Crippen LogP contribution in [0.1, 0.15) is 25.8 Å². The SMILES string of the molecule is C=C(C)C(C(=O)OCc1ccccc1)N1C(=O)CC1(NC(C)=O)[S+]([O-])Cl.c1cc2cc-2c1. The van der Waals surface area contributed by atoms with E-state index in [-0.39, 0.29) is 13.0 Å². The minimum absolute atomic E-state index is 0.00256. The Balaban J connectivity index is 0.000000405. The molecule has 0 saturated carbocycles. The van der Waals surface area contributed by atoms with E-state index in [1.807, 2.05) is 6.07 Å². The van der Waals surface area contributed by atoms with Gasteiger partial charge in [0.25, 0.3) is 0 Å². The molecule has 2 amide bonds. The largest absolute Gasteiger partial charge is 0.596 e. The third-order valence-electron chi connectivity index (χ3n) is 4.97. The molecule has 1 heterocycles. The molecule has 2 aliphatic carbocycles. The van der Waals surface area contributed by atoms with Gasteiger partial charge in [-0.25, -0.2) is 4.79 Å². The van der Waals surface area contributed by atoms with Crippen molar-refractivity contribution in [3.8, 4) is 11.1 Å². The predicted octanol–water partition coefficient (Wildman–Crippen LogP) is 3.27. The van der Waals surface area contributed by atoms with Crippen molar-refractivity contribution < 1.29 is 23.7 Å². The molecule has 1 aromatic rings. The number of benzene rings is 2. The van der Waals surface area contributed by atoms with Crippen molar-refractivity contribution in [1.82, 2.24) is 10.2 Å². The summed E-state index contributed by atoms with van der Waals surface area (Å²) in [6, 6.07) is 16.3. The summed E-state index contributed by atoms with van der Waals surface area (Å²) in [7, 11) is 3.60. The molecule has 3 aliphatic rings. The summed E-state index contributed by atoms with van der Waals surface area (Å²) in [4.78, 5) is 35.6. The first kappa shape index (κ1) is 23.8. The number of esters is 1. The lowest BCUT2D eigenvalue weighted by atomic mass is 9.99. The average Bonchev–Trinajstić information content (AvgIpc) is 3.34. The number of carbonyl (C=O) groups excluding carboxylic acids is 3.